The van der Waals surface area contributed by atoms with Crippen LogP contribution in [-0.4, -0.2) is 37.9 Å². The second-order valence-corrected chi connectivity index (χ2v) is 7.81. The van der Waals surface area contributed by atoms with Crippen LogP contribution in [0.25, 0.3) is 5.69 Å². The number of hydrogen-bond donors (Lipinski definition) is 2. The van der Waals surface area contributed by atoms with E-state index in [-0.39, 0.29) is 23.6 Å². The maximum atomic E-state index is 12.7. The number of nitrogens with one attached hydrogen (secondary N) is 1. The fraction of sp³-hybridized carbons (Fsp3) is 0.217. The predicted octanol–water partition coefficient (Wildman–Crippen LogP) is 2.98. The molecule has 0 spiro atoms. The molecular weight excluding hydrogens is 448 g/mol. The molecule has 2 aromatic carbocycles. The average Bonchev–Trinajstić information content (AvgIpc) is 3.20. The van der Waals surface area contributed by atoms with Crippen LogP contribution in [0.3, 0.4) is 0 Å². The number of carbonyl (C=O) groups is 1. The summed E-state index contributed by atoms with van der Waals surface area (Å²) in [5, 5.41) is 17.0. The first-order valence-electron chi connectivity index (χ1n) is 10.3. The van der Waals surface area contributed by atoms with Gasteiger partial charge in [-0.3, -0.25) is 14.6 Å². The topological polar surface area (TPSA) is 117 Å². The predicted molar refractivity (Wildman–Crippen MR) is 123 cm³/mol. The van der Waals surface area contributed by atoms with Crippen molar-refractivity contribution in [3.05, 3.63) is 85.5 Å². The molecule has 0 saturated carbocycles. The number of ether oxygens (including phenoxy) is 1. The van der Waals surface area contributed by atoms with Gasteiger partial charge in [0.15, 0.2) is 0 Å². The number of aromatic hydroxyl groups is 1. The Morgan fingerprint density at radius 2 is 1.91 bits per heavy atom. The van der Waals surface area contributed by atoms with Crippen molar-refractivity contribution < 1.29 is 14.6 Å². The molecule has 0 fully saturated rings. The summed E-state index contributed by atoms with van der Waals surface area (Å²) in [6.07, 6.45) is 0.138. The number of carbonyl (C=O) groups excluding carboxylic acids is 1. The zero-order valence-corrected chi connectivity index (χ0v) is 18.7. The van der Waals surface area contributed by atoms with Crippen LogP contribution in [0.15, 0.2) is 63.2 Å². The zero-order chi connectivity index (χ0) is 23.7. The molecule has 1 unspecified atom stereocenters. The van der Waals surface area contributed by atoms with Crippen molar-refractivity contribution in [1.29, 1.82) is 0 Å². The Kier molecular flexibility index (Phi) is 6.06. The summed E-state index contributed by atoms with van der Waals surface area (Å²) in [5.74, 6) is -0.327. The number of H-pyrrole nitrogens is 1. The lowest BCUT2D eigenvalue weighted by Crippen LogP contribution is -2.33. The van der Waals surface area contributed by atoms with E-state index >= 15 is 0 Å². The number of para-hydroxylation sites is 1. The first-order chi connectivity index (χ1) is 15.8. The van der Waals surface area contributed by atoms with Crippen LogP contribution in [0.1, 0.15) is 37.4 Å². The van der Waals surface area contributed by atoms with Gasteiger partial charge in [0.1, 0.15) is 11.3 Å². The highest BCUT2D eigenvalue weighted by molar-refractivity contribution is 6.30. The summed E-state index contributed by atoms with van der Waals surface area (Å²) in [4.78, 5) is 39.8. The molecule has 33 heavy (non-hydrogen) atoms. The number of nitrogens with zero attached hydrogens (tertiary/aromatic N) is 3. The number of benzene rings is 2. The van der Waals surface area contributed by atoms with Crippen LogP contribution in [0.5, 0.6) is 11.6 Å². The van der Waals surface area contributed by atoms with Crippen molar-refractivity contribution >= 4 is 23.2 Å². The molecule has 2 N–H and O–H groups in total. The van der Waals surface area contributed by atoms with Crippen molar-refractivity contribution in [3.8, 4) is 17.3 Å². The maximum Gasteiger partial charge on any atom is 0.335 e. The van der Waals surface area contributed by atoms with E-state index in [4.69, 9.17) is 16.3 Å². The minimum Gasteiger partial charge on any atom is -0.494 e. The summed E-state index contributed by atoms with van der Waals surface area (Å²) >= 11 is 5.92. The summed E-state index contributed by atoms with van der Waals surface area (Å²) in [6.45, 7) is 3.65. The second kappa shape index (κ2) is 8.95. The van der Waals surface area contributed by atoms with Crippen molar-refractivity contribution in [3.63, 3.8) is 0 Å². The average molecular weight is 469 g/mol. The number of halogens is 1. The monoisotopic (exact) mass is 468 g/mol. The third-order valence-electron chi connectivity index (χ3n) is 5.27. The standard InChI is InChI=1S/C23H21ClN4O5/c1-3-33-19-7-5-4-6-16(19)18-12-17(26-28(18)13(2)29)20-21(30)25-23(32)27(22(20)31)15-10-8-14(24)9-11-15/h4-11,18,31H,3,12H2,1-2H3,(H,25,30,32). The smallest absolute Gasteiger partial charge is 0.335 e. The van der Waals surface area contributed by atoms with Gasteiger partial charge in [0.2, 0.25) is 11.8 Å². The van der Waals surface area contributed by atoms with Gasteiger partial charge in [-0.15, -0.1) is 0 Å². The SMILES string of the molecule is CCOc1ccccc1C1CC(c2c(O)n(-c3ccc(Cl)cc3)c(=O)[nH]c2=O)=NN1C(C)=O. The minimum atomic E-state index is -0.816. The fourth-order valence-electron chi connectivity index (χ4n) is 3.85. The highest BCUT2D eigenvalue weighted by Gasteiger charge is 2.36. The molecule has 0 aliphatic carbocycles. The Morgan fingerprint density at radius 3 is 2.58 bits per heavy atom. The number of aromatic amines is 1. The molecular formula is C23H21ClN4O5. The van der Waals surface area contributed by atoms with Crippen LogP contribution in [0.2, 0.25) is 5.02 Å². The van der Waals surface area contributed by atoms with Crippen LogP contribution >= 0.6 is 11.6 Å². The first-order valence-corrected chi connectivity index (χ1v) is 10.6. The van der Waals surface area contributed by atoms with E-state index in [1.165, 1.54) is 24.1 Å². The third-order valence-corrected chi connectivity index (χ3v) is 5.52. The molecule has 1 aliphatic heterocycles. The molecule has 1 atom stereocenters. The van der Waals surface area contributed by atoms with Gasteiger partial charge in [-0.1, -0.05) is 29.8 Å². The van der Waals surface area contributed by atoms with Gasteiger partial charge < -0.3 is 9.84 Å². The van der Waals surface area contributed by atoms with Crippen LogP contribution < -0.4 is 16.0 Å². The van der Waals surface area contributed by atoms with Crippen LogP contribution in [-0.2, 0) is 4.79 Å². The van der Waals surface area contributed by atoms with Gasteiger partial charge in [0.05, 0.1) is 24.0 Å². The van der Waals surface area contributed by atoms with Gasteiger partial charge in [-0.2, -0.15) is 5.10 Å². The van der Waals surface area contributed by atoms with Crippen LogP contribution in [0.4, 0.5) is 0 Å². The largest absolute Gasteiger partial charge is 0.494 e. The van der Waals surface area contributed by atoms with Gasteiger partial charge in [-0.25, -0.2) is 14.4 Å². The number of rotatable bonds is 5. The number of hydrogen-bond acceptors (Lipinski definition) is 6. The van der Waals surface area contributed by atoms with Crippen LogP contribution in [0, 0.1) is 0 Å². The quantitative estimate of drug-likeness (QED) is 0.597. The minimum absolute atomic E-state index is 0.138. The first kappa shape index (κ1) is 22.3. The molecule has 10 heteroatoms. The van der Waals surface area contributed by atoms with E-state index in [1.807, 2.05) is 25.1 Å². The van der Waals surface area contributed by atoms with Gasteiger partial charge in [0, 0.05) is 23.9 Å². The molecule has 2 heterocycles. The van der Waals surface area contributed by atoms with E-state index < -0.39 is 23.2 Å². The molecule has 1 aliphatic rings. The van der Waals surface area contributed by atoms with Gasteiger partial charge in [0.25, 0.3) is 5.56 Å². The zero-order valence-electron chi connectivity index (χ0n) is 17.9. The molecule has 4 rings (SSSR count). The Balaban J connectivity index is 1.83. The molecule has 1 aromatic heterocycles. The van der Waals surface area contributed by atoms with Crippen molar-refractivity contribution in [2.24, 2.45) is 5.10 Å². The molecule has 0 saturated heterocycles. The van der Waals surface area contributed by atoms with Crippen molar-refractivity contribution in [2.45, 2.75) is 26.3 Å². The van der Waals surface area contributed by atoms with Gasteiger partial charge in [-0.05, 0) is 37.3 Å². The third kappa shape index (κ3) is 4.14. The summed E-state index contributed by atoms with van der Waals surface area (Å²) in [5.41, 5.74) is -0.613. The normalized spacial score (nSPS) is 15.4. The highest BCUT2D eigenvalue weighted by Crippen LogP contribution is 2.38. The molecule has 170 valence electrons. The van der Waals surface area contributed by atoms with E-state index in [0.29, 0.717) is 23.1 Å². The van der Waals surface area contributed by atoms with Crippen molar-refractivity contribution in [2.75, 3.05) is 6.61 Å². The highest BCUT2D eigenvalue weighted by atomic mass is 35.5. The van der Waals surface area contributed by atoms with Crippen molar-refractivity contribution in [1.82, 2.24) is 14.6 Å². The second-order valence-electron chi connectivity index (χ2n) is 7.37. The molecule has 3 aromatic rings. The van der Waals surface area contributed by atoms with E-state index in [2.05, 4.69) is 10.1 Å². The van der Waals surface area contributed by atoms with E-state index in [1.54, 1.807) is 18.2 Å². The maximum absolute atomic E-state index is 12.7. The number of aromatic nitrogens is 2. The Morgan fingerprint density at radius 1 is 1.21 bits per heavy atom. The Bertz CT molecular complexity index is 1360. The fourth-order valence-corrected chi connectivity index (χ4v) is 3.98. The summed E-state index contributed by atoms with van der Waals surface area (Å²) in [7, 11) is 0. The lowest BCUT2D eigenvalue weighted by molar-refractivity contribution is -0.130. The summed E-state index contributed by atoms with van der Waals surface area (Å²) < 4.78 is 6.66. The lowest BCUT2D eigenvalue weighted by atomic mass is 9.98. The number of amides is 1. The van der Waals surface area contributed by atoms with Gasteiger partial charge >= 0.3 is 5.69 Å². The number of hydrazone groups is 1. The Hall–Kier alpha value is -3.85. The lowest BCUT2D eigenvalue weighted by Gasteiger charge is -2.22. The van der Waals surface area contributed by atoms with E-state index in [9.17, 15) is 19.5 Å². The molecule has 0 bridgehead atoms. The molecule has 9 nitrogen and oxygen atoms in total. The van der Waals surface area contributed by atoms with E-state index in [0.717, 1.165) is 10.1 Å². The molecule has 0 radical (unpaired) electrons. The summed E-state index contributed by atoms with van der Waals surface area (Å²) in [6, 6.07) is 12.9. The molecule has 1 amide bonds. The Labute approximate surface area is 193 Å².